The number of rotatable bonds is 3. The van der Waals surface area contributed by atoms with Crippen LogP contribution >= 0.6 is 0 Å². The van der Waals surface area contributed by atoms with Crippen LogP contribution in [0.4, 0.5) is 0 Å². The standard InChI is InChI=1S/C14H17N3O4/c1-7(2)16-6-8(3)17-9(5-15)10(14(19)20)12(21-4)11(17)13(16)18/h7-8H,6H2,1-4H3,(H,19,20). The van der Waals surface area contributed by atoms with E-state index in [4.69, 9.17) is 4.74 Å². The predicted octanol–water partition coefficient (Wildman–Crippen LogP) is 1.49. The number of amides is 1. The van der Waals surface area contributed by atoms with E-state index in [2.05, 4.69) is 0 Å². The molecule has 0 saturated carbocycles. The number of aromatic nitrogens is 1. The molecule has 1 aliphatic rings. The van der Waals surface area contributed by atoms with Gasteiger partial charge in [0.15, 0.2) is 11.4 Å². The van der Waals surface area contributed by atoms with Gasteiger partial charge in [-0.1, -0.05) is 0 Å². The number of aromatic carboxylic acids is 1. The van der Waals surface area contributed by atoms with Gasteiger partial charge in [0.1, 0.15) is 17.3 Å². The van der Waals surface area contributed by atoms with Crippen molar-refractivity contribution in [3.63, 3.8) is 0 Å². The number of hydrogen-bond donors (Lipinski definition) is 1. The molecule has 1 aliphatic heterocycles. The Labute approximate surface area is 122 Å². The van der Waals surface area contributed by atoms with Crippen LogP contribution in [-0.2, 0) is 0 Å². The summed E-state index contributed by atoms with van der Waals surface area (Å²) in [4.78, 5) is 25.7. The van der Waals surface area contributed by atoms with Gasteiger partial charge in [0.25, 0.3) is 5.91 Å². The van der Waals surface area contributed by atoms with Gasteiger partial charge in [-0.3, -0.25) is 4.79 Å². The van der Waals surface area contributed by atoms with Crippen molar-refractivity contribution < 1.29 is 19.4 Å². The lowest BCUT2D eigenvalue weighted by atomic mass is 10.1. The second-order valence-electron chi connectivity index (χ2n) is 5.29. The third-order valence-corrected chi connectivity index (χ3v) is 3.67. The average molecular weight is 291 g/mol. The quantitative estimate of drug-likeness (QED) is 0.910. The van der Waals surface area contributed by atoms with E-state index in [-0.39, 0.29) is 40.7 Å². The molecule has 0 saturated heterocycles. The molecule has 0 aromatic carbocycles. The number of carbonyl (C=O) groups excluding carboxylic acids is 1. The van der Waals surface area contributed by atoms with Gasteiger partial charge in [0.05, 0.1) is 13.2 Å². The minimum absolute atomic E-state index is 0.0212. The van der Waals surface area contributed by atoms with Gasteiger partial charge in [0, 0.05) is 12.6 Å². The van der Waals surface area contributed by atoms with Gasteiger partial charge >= 0.3 is 5.97 Å². The summed E-state index contributed by atoms with van der Waals surface area (Å²) in [6.07, 6.45) is 0. The maximum Gasteiger partial charge on any atom is 0.342 e. The Morgan fingerprint density at radius 3 is 2.57 bits per heavy atom. The van der Waals surface area contributed by atoms with E-state index >= 15 is 0 Å². The van der Waals surface area contributed by atoms with E-state index in [1.165, 1.54) is 11.7 Å². The number of nitrogens with zero attached hydrogens (tertiary/aromatic N) is 3. The second kappa shape index (κ2) is 5.13. The van der Waals surface area contributed by atoms with Gasteiger partial charge in [-0.25, -0.2) is 4.79 Å². The van der Waals surface area contributed by atoms with Crippen LogP contribution in [-0.4, -0.2) is 46.1 Å². The Kier molecular flexibility index (Phi) is 3.64. The van der Waals surface area contributed by atoms with Crippen molar-refractivity contribution in [1.82, 2.24) is 9.47 Å². The fourth-order valence-electron chi connectivity index (χ4n) is 2.75. The number of fused-ring (bicyclic) bond motifs is 1. The van der Waals surface area contributed by atoms with E-state index in [0.29, 0.717) is 6.54 Å². The highest BCUT2D eigenvalue weighted by molar-refractivity contribution is 6.03. The minimum atomic E-state index is -1.28. The lowest BCUT2D eigenvalue weighted by Crippen LogP contribution is -2.46. The van der Waals surface area contributed by atoms with Crippen molar-refractivity contribution in [1.29, 1.82) is 5.26 Å². The molecule has 2 rings (SSSR count). The van der Waals surface area contributed by atoms with Crippen LogP contribution in [0.15, 0.2) is 0 Å². The fraction of sp³-hybridized carbons (Fsp3) is 0.500. The maximum absolute atomic E-state index is 12.6. The summed E-state index contributed by atoms with van der Waals surface area (Å²) in [5.74, 6) is -1.63. The summed E-state index contributed by atoms with van der Waals surface area (Å²) >= 11 is 0. The molecule has 7 nitrogen and oxygen atoms in total. The number of nitriles is 1. The molecule has 1 amide bonds. The molecular formula is C14H17N3O4. The van der Waals surface area contributed by atoms with E-state index in [1.807, 2.05) is 26.8 Å². The molecule has 1 aromatic heterocycles. The highest BCUT2D eigenvalue weighted by Gasteiger charge is 2.40. The molecular weight excluding hydrogens is 274 g/mol. The number of methoxy groups -OCH3 is 1. The van der Waals surface area contributed by atoms with Gasteiger partial charge in [-0.2, -0.15) is 5.26 Å². The minimum Gasteiger partial charge on any atom is -0.493 e. The first-order valence-corrected chi connectivity index (χ1v) is 6.61. The predicted molar refractivity (Wildman–Crippen MR) is 73.5 cm³/mol. The van der Waals surface area contributed by atoms with Gasteiger partial charge in [-0.05, 0) is 20.8 Å². The molecule has 1 atom stereocenters. The monoisotopic (exact) mass is 291 g/mol. The molecule has 7 heteroatoms. The van der Waals surface area contributed by atoms with Crippen LogP contribution in [0.1, 0.15) is 53.4 Å². The number of hydrogen-bond acceptors (Lipinski definition) is 4. The van der Waals surface area contributed by atoms with Gasteiger partial charge < -0.3 is 19.3 Å². The van der Waals surface area contributed by atoms with E-state index in [9.17, 15) is 20.0 Å². The van der Waals surface area contributed by atoms with E-state index in [0.717, 1.165) is 0 Å². The zero-order chi connectivity index (χ0) is 15.9. The highest BCUT2D eigenvalue weighted by atomic mass is 16.5. The van der Waals surface area contributed by atoms with Crippen LogP contribution in [0.5, 0.6) is 5.75 Å². The zero-order valence-electron chi connectivity index (χ0n) is 12.4. The summed E-state index contributed by atoms with van der Waals surface area (Å²) in [5.41, 5.74) is -0.154. The Morgan fingerprint density at radius 2 is 2.14 bits per heavy atom. The van der Waals surface area contributed by atoms with Crippen molar-refractivity contribution in [2.75, 3.05) is 13.7 Å². The first kappa shape index (κ1) is 14.9. The largest absolute Gasteiger partial charge is 0.493 e. The lowest BCUT2D eigenvalue weighted by molar-refractivity contribution is 0.0611. The number of carboxylic acid groups (broad SMARTS) is 1. The van der Waals surface area contributed by atoms with Gasteiger partial charge in [0.2, 0.25) is 0 Å². The Bertz CT molecular complexity index is 654. The molecule has 1 unspecified atom stereocenters. The molecule has 0 aliphatic carbocycles. The van der Waals surface area contributed by atoms with Crippen molar-refractivity contribution in [3.05, 3.63) is 17.0 Å². The molecule has 0 radical (unpaired) electrons. The SMILES string of the molecule is COc1c(C(=O)O)c(C#N)n2c1C(=O)N(C(C)C)CC2C. The number of ether oxygens (including phenoxy) is 1. The van der Waals surface area contributed by atoms with Crippen molar-refractivity contribution in [2.45, 2.75) is 32.9 Å². The first-order valence-electron chi connectivity index (χ1n) is 6.61. The average Bonchev–Trinajstić information content (AvgIpc) is 2.77. The fourth-order valence-corrected chi connectivity index (χ4v) is 2.75. The van der Waals surface area contributed by atoms with Crippen LogP contribution in [0, 0.1) is 11.3 Å². The molecule has 0 fully saturated rings. The molecule has 2 heterocycles. The molecule has 0 bridgehead atoms. The Balaban J connectivity index is 2.80. The van der Waals surface area contributed by atoms with Crippen LogP contribution in [0.3, 0.4) is 0 Å². The van der Waals surface area contributed by atoms with Crippen molar-refractivity contribution >= 4 is 11.9 Å². The first-order chi connectivity index (χ1) is 9.84. The third kappa shape index (κ3) is 2.03. The van der Waals surface area contributed by atoms with Crippen molar-refractivity contribution in [2.24, 2.45) is 0 Å². The lowest BCUT2D eigenvalue weighted by Gasteiger charge is -2.35. The van der Waals surface area contributed by atoms with E-state index < -0.39 is 5.97 Å². The number of carbonyl (C=O) groups is 2. The summed E-state index contributed by atoms with van der Waals surface area (Å²) in [6, 6.07) is 1.67. The molecule has 1 N–H and O–H groups in total. The molecule has 0 spiro atoms. The molecule has 112 valence electrons. The maximum atomic E-state index is 12.6. The zero-order valence-corrected chi connectivity index (χ0v) is 12.4. The third-order valence-electron chi connectivity index (χ3n) is 3.67. The summed E-state index contributed by atoms with van der Waals surface area (Å²) in [7, 11) is 1.30. The normalized spacial score (nSPS) is 17.6. The number of carboxylic acids is 1. The molecule has 21 heavy (non-hydrogen) atoms. The van der Waals surface area contributed by atoms with Crippen LogP contribution in [0.25, 0.3) is 0 Å². The highest BCUT2D eigenvalue weighted by Crippen LogP contribution is 2.37. The van der Waals surface area contributed by atoms with Gasteiger partial charge in [-0.15, -0.1) is 0 Å². The van der Waals surface area contributed by atoms with Crippen LogP contribution < -0.4 is 4.74 Å². The Morgan fingerprint density at radius 1 is 1.52 bits per heavy atom. The summed E-state index contributed by atoms with van der Waals surface area (Å²) in [5, 5.41) is 18.6. The van der Waals surface area contributed by atoms with Crippen molar-refractivity contribution in [3.8, 4) is 11.8 Å². The second-order valence-corrected chi connectivity index (χ2v) is 5.29. The van der Waals surface area contributed by atoms with Crippen LogP contribution in [0.2, 0.25) is 0 Å². The Hall–Kier alpha value is -2.49. The topological polar surface area (TPSA) is 95.6 Å². The molecule has 1 aromatic rings. The van der Waals surface area contributed by atoms with E-state index in [1.54, 1.807) is 4.90 Å². The smallest absolute Gasteiger partial charge is 0.342 e. The summed E-state index contributed by atoms with van der Waals surface area (Å²) < 4.78 is 6.61. The summed E-state index contributed by atoms with van der Waals surface area (Å²) in [6.45, 7) is 6.05.